The number of aryl methyl sites for hydroxylation is 1. The van der Waals surface area contributed by atoms with Crippen molar-refractivity contribution in [1.82, 2.24) is 15.2 Å². The summed E-state index contributed by atoms with van der Waals surface area (Å²) < 4.78 is 0. The number of hydrogen-bond acceptors (Lipinski definition) is 3. The number of aromatic nitrogens is 3. The first-order valence-corrected chi connectivity index (χ1v) is 5.55. The summed E-state index contributed by atoms with van der Waals surface area (Å²) in [4.78, 5) is 15.7. The van der Waals surface area contributed by atoms with Gasteiger partial charge in [-0.05, 0) is 18.6 Å². The van der Waals surface area contributed by atoms with Gasteiger partial charge in [-0.2, -0.15) is 5.10 Å². The maximum absolute atomic E-state index is 11.8. The summed E-state index contributed by atoms with van der Waals surface area (Å²) in [7, 11) is 0. The minimum atomic E-state index is -0.332. The smallest absolute Gasteiger partial charge is 0.275 e. The molecule has 17 heavy (non-hydrogen) atoms. The Hall–Kier alpha value is -1.88. The highest BCUT2D eigenvalue weighted by atomic mass is 35.5. The molecule has 6 heteroatoms. The van der Waals surface area contributed by atoms with Crippen molar-refractivity contribution in [3.05, 3.63) is 40.8 Å². The molecule has 0 saturated carbocycles. The molecule has 0 fully saturated rings. The number of hydrogen-bond donors (Lipinski definition) is 2. The number of carbonyl (C=O) groups is 1. The predicted molar refractivity (Wildman–Crippen MR) is 65.2 cm³/mol. The standard InChI is InChI=1S/C11H11ClN4O/c1-2-7-6-10(16-15-7)14-11(17)8-4-3-5-9(12)13-8/h3-6H,2H2,1H3,(H2,14,15,16,17). The van der Waals surface area contributed by atoms with Crippen LogP contribution in [0.4, 0.5) is 5.82 Å². The number of amides is 1. The molecule has 2 rings (SSSR count). The number of rotatable bonds is 3. The molecule has 0 aliphatic carbocycles. The lowest BCUT2D eigenvalue weighted by Gasteiger charge is -2.00. The summed E-state index contributed by atoms with van der Waals surface area (Å²) >= 11 is 5.71. The van der Waals surface area contributed by atoms with Crippen molar-refractivity contribution in [3.63, 3.8) is 0 Å². The molecule has 0 bridgehead atoms. The highest BCUT2D eigenvalue weighted by Crippen LogP contribution is 2.09. The molecule has 2 aromatic heterocycles. The van der Waals surface area contributed by atoms with Gasteiger partial charge < -0.3 is 5.32 Å². The SMILES string of the molecule is CCc1cc(NC(=O)c2cccc(Cl)n2)n[nH]1. The van der Waals surface area contributed by atoms with Gasteiger partial charge in [0.1, 0.15) is 10.8 Å². The number of halogens is 1. The Bertz CT molecular complexity index is 538. The molecule has 2 N–H and O–H groups in total. The Morgan fingerprint density at radius 1 is 1.53 bits per heavy atom. The van der Waals surface area contributed by atoms with Crippen LogP contribution >= 0.6 is 11.6 Å². The van der Waals surface area contributed by atoms with E-state index in [1.165, 1.54) is 0 Å². The van der Waals surface area contributed by atoms with Crippen LogP contribution in [0.2, 0.25) is 5.15 Å². The van der Waals surface area contributed by atoms with Gasteiger partial charge in [0.15, 0.2) is 5.82 Å². The third kappa shape index (κ3) is 2.82. The second-order valence-corrected chi connectivity index (χ2v) is 3.82. The minimum absolute atomic E-state index is 0.263. The molecule has 0 radical (unpaired) electrons. The molecule has 5 nitrogen and oxygen atoms in total. The van der Waals surface area contributed by atoms with E-state index in [1.54, 1.807) is 24.3 Å². The second-order valence-electron chi connectivity index (χ2n) is 3.43. The topological polar surface area (TPSA) is 70.7 Å². The monoisotopic (exact) mass is 250 g/mol. The third-order valence-electron chi connectivity index (χ3n) is 2.20. The molecule has 0 aliphatic heterocycles. The molecule has 2 aromatic rings. The van der Waals surface area contributed by atoms with Crippen LogP contribution in [0.25, 0.3) is 0 Å². The zero-order valence-corrected chi connectivity index (χ0v) is 9.95. The first kappa shape index (κ1) is 11.6. The molecule has 0 spiro atoms. The van der Waals surface area contributed by atoms with E-state index in [9.17, 15) is 4.79 Å². The van der Waals surface area contributed by atoms with Gasteiger partial charge in [-0.3, -0.25) is 9.89 Å². The fourth-order valence-corrected chi connectivity index (χ4v) is 1.49. The van der Waals surface area contributed by atoms with Crippen LogP contribution in [0.3, 0.4) is 0 Å². The van der Waals surface area contributed by atoms with Crippen LogP contribution in [0.15, 0.2) is 24.3 Å². The van der Waals surface area contributed by atoms with Crippen LogP contribution in [0.1, 0.15) is 23.1 Å². The van der Waals surface area contributed by atoms with Gasteiger partial charge in [-0.25, -0.2) is 4.98 Å². The van der Waals surface area contributed by atoms with E-state index < -0.39 is 0 Å². The Morgan fingerprint density at radius 2 is 2.35 bits per heavy atom. The van der Waals surface area contributed by atoms with Crippen molar-refractivity contribution in [3.8, 4) is 0 Å². The van der Waals surface area contributed by atoms with Gasteiger partial charge in [0, 0.05) is 11.8 Å². The molecular formula is C11H11ClN4O. The van der Waals surface area contributed by atoms with Gasteiger partial charge in [0.25, 0.3) is 5.91 Å². The van der Waals surface area contributed by atoms with Crippen molar-refractivity contribution in [1.29, 1.82) is 0 Å². The molecule has 0 atom stereocenters. The fraction of sp³-hybridized carbons (Fsp3) is 0.182. The summed E-state index contributed by atoms with van der Waals surface area (Å²) in [5.74, 6) is 0.148. The predicted octanol–water partition coefficient (Wildman–Crippen LogP) is 2.27. The van der Waals surface area contributed by atoms with Crippen LogP contribution in [-0.2, 0) is 6.42 Å². The normalized spacial score (nSPS) is 10.2. The van der Waals surface area contributed by atoms with E-state index >= 15 is 0 Å². The maximum atomic E-state index is 11.8. The van der Waals surface area contributed by atoms with E-state index in [4.69, 9.17) is 11.6 Å². The van der Waals surface area contributed by atoms with Crippen LogP contribution in [0, 0.1) is 0 Å². The molecule has 0 aliphatic rings. The number of aromatic amines is 1. The van der Waals surface area contributed by atoms with Crippen LogP contribution < -0.4 is 5.32 Å². The fourth-order valence-electron chi connectivity index (χ4n) is 1.32. The number of nitrogens with one attached hydrogen (secondary N) is 2. The molecule has 0 aromatic carbocycles. The Labute approximate surface area is 103 Å². The minimum Gasteiger partial charge on any atom is -0.304 e. The summed E-state index contributed by atoms with van der Waals surface area (Å²) in [6, 6.07) is 6.66. The van der Waals surface area contributed by atoms with E-state index in [-0.39, 0.29) is 16.8 Å². The number of anilines is 1. The number of H-pyrrole nitrogens is 1. The maximum Gasteiger partial charge on any atom is 0.275 e. The Balaban J connectivity index is 2.11. The summed E-state index contributed by atoms with van der Waals surface area (Å²) in [6.07, 6.45) is 0.832. The Kier molecular flexibility index (Phi) is 3.39. The van der Waals surface area contributed by atoms with Crippen molar-refractivity contribution in [2.75, 3.05) is 5.32 Å². The number of pyridine rings is 1. The zero-order chi connectivity index (χ0) is 12.3. The molecule has 0 saturated heterocycles. The lowest BCUT2D eigenvalue weighted by molar-refractivity contribution is 0.102. The highest BCUT2D eigenvalue weighted by molar-refractivity contribution is 6.29. The number of nitrogens with zero attached hydrogens (tertiary/aromatic N) is 2. The van der Waals surface area contributed by atoms with E-state index in [0.29, 0.717) is 5.82 Å². The van der Waals surface area contributed by atoms with Crippen LogP contribution in [-0.4, -0.2) is 21.1 Å². The third-order valence-corrected chi connectivity index (χ3v) is 2.41. The highest BCUT2D eigenvalue weighted by Gasteiger charge is 2.09. The van der Waals surface area contributed by atoms with Gasteiger partial charge in [0.2, 0.25) is 0 Å². The van der Waals surface area contributed by atoms with Gasteiger partial charge in [-0.15, -0.1) is 0 Å². The average molecular weight is 251 g/mol. The quantitative estimate of drug-likeness (QED) is 0.821. The lowest BCUT2D eigenvalue weighted by atomic mass is 10.3. The summed E-state index contributed by atoms with van der Waals surface area (Å²) in [5, 5.41) is 9.69. The average Bonchev–Trinajstić information content (AvgIpc) is 2.77. The van der Waals surface area contributed by atoms with E-state index in [0.717, 1.165) is 12.1 Å². The first-order valence-electron chi connectivity index (χ1n) is 5.17. The van der Waals surface area contributed by atoms with E-state index in [2.05, 4.69) is 20.5 Å². The zero-order valence-electron chi connectivity index (χ0n) is 9.20. The Morgan fingerprint density at radius 3 is 3.00 bits per heavy atom. The van der Waals surface area contributed by atoms with Crippen molar-refractivity contribution in [2.24, 2.45) is 0 Å². The number of carbonyl (C=O) groups excluding carboxylic acids is 1. The molecule has 1 amide bonds. The first-order chi connectivity index (χ1) is 8.19. The summed E-state index contributed by atoms with van der Waals surface area (Å²) in [5.41, 5.74) is 1.22. The summed E-state index contributed by atoms with van der Waals surface area (Å²) in [6.45, 7) is 2.00. The largest absolute Gasteiger partial charge is 0.304 e. The van der Waals surface area contributed by atoms with Gasteiger partial charge in [0.05, 0.1) is 0 Å². The second kappa shape index (κ2) is 4.97. The van der Waals surface area contributed by atoms with Crippen molar-refractivity contribution in [2.45, 2.75) is 13.3 Å². The molecular weight excluding hydrogens is 240 g/mol. The van der Waals surface area contributed by atoms with Crippen molar-refractivity contribution < 1.29 is 4.79 Å². The molecule has 88 valence electrons. The van der Waals surface area contributed by atoms with Gasteiger partial charge in [-0.1, -0.05) is 24.6 Å². The lowest BCUT2D eigenvalue weighted by Crippen LogP contribution is -2.13. The van der Waals surface area contributed by atoms with Crippen molar-refractivity contribution >= 4 is 23.3 Å². The van der Waals surface area contributed by atoms with E-state index in [1.807, 2.05) is 6.92 Å². The molecule has 0 unspecified atom stereocenters. The van der Waals surface area contributed by atoms with Crippen LogP contribution in [0.5, 0.6) is 0 Å². The molecule has 2 heterocycles. The van der Waals surface area contributed by atoms with Gasteiger partial charge >= 0.3 is 0 Å².